The zero-order valence-corrected chi connectivity index (χ0v) is 20.7. The molecule has 5 aromatic rings. The topological polar surface area (TPSA) is 80.8 Å². The third-order valence-corrected chi connectivity index (χ3v) is 6.87. The number of nitrogens with one attached hydrogen (secondary N) is 1. The van der Waals surface area contributed by atoms with Crippen LogP contribution in [0.25, 0.3) is 22.0 Å². The molecular formula is C30H21ClFNO5. The molecule has 0 bridgehead atoms. The van der Waals surface area contributed by atoms with Gasteiger partial charge in [0.1, 0.15) is 23.9 Å². The van der Waals surface area contributed by atoms with E-state index in [-0.39, 0.29) is 12.5 Å². The molecule has 0 aliphatic carbocycles. The molecule has 0 amide bonds. The maximum absolute atomic E-state index is 13.8. The fourth-order valence-corrected chi connectivity index (χ4v) is 4.96. The summed E-state index contributed by atoms with van der Waals surface area (Å²) in [5.74, 6) is 0.195. The first-order chi connectivity index (χ1) is 18.5. The molecule has 1 aromatic heterocycles. The molecule has 0 fully saturated rings. The Morgan fingerprint density at radius 3 is 2.47 bits per heavy atom. The molecule has 0 saturated carbocycles. The number of carbonyl (C=O) groups is 1. The number of hydrogen-bond acceptors (Lipinski definition) is 4. The van der Waals surface area contributed by atoms with Crippen LogP contribution in [0.3, 0.4) is 0 Å². The smallest absolute Gasteiger partial charge is 0.352 e. The predicted molar refractivity (Wildman–Crippen MR) is 142 cm³/mol. The maximum atomic E-state index is 13.8. The number of ether oxygens (including phenoxy) is 3. The van der Waals surface area contributed by atoms with E-state index < -0.39 is 11.8 Å². The molecule has 0 unspecified atom stereocenters. The molecule has 0 saturated heterocycles. The van der Waals surface area contributed by atoms with E-state index in [1.807, 2.05) is 42.5 Å². The fourth-order valence-electron chi connectivity index (χ4n) is 4.74. The van der Waals surface area contributed by atoms with Gasteiger partial charge >= 0.3 is 5.97 Å². The number of rotatable bonds is 7. The summed E-state index contributed by atoms with van der Waals surface area (Å²) in [6, 6.07) is 22.7. The zero-order valence-electron chi connectivity index (χ0n) is 20.0. The van der Waals surface area contributed by atoms with Crippen LogP contribution in [-0.2, 0) is 13.0 Å². The van der Waals surface area contributed by atoms with Gasteiger partial charge in [-0.1, -0.05) is 54.1 Å². The highest BCUT2D eigenvalue weighted by molar-refractivity contribution is 6.31. The molecule has 2 heterocycles. The highest BCUT2D eigenvalue weighted by Crippen LogP contribution is 2.43. The van der Waals surface area contributed by atoms with E-state index in [9.17, 15) is 14.3 Å². The molecular weight excluding hydrogens is 509 g/mol. The molecule has 6 nitrogen and oxygen atoms in total. The first-order valence-corrected chi connectivity index (χ1v) is 12.3. The van der Waals surface area contributed by atoms with Crippen molar-refractivity contribution in [2.24, 2.45) is 0 Å². The average Bonchev–Trinajstić information content (AvgIpc) is 3.54. The Morgan fingerprint density at radius 2 is 1.74 bits per heavy atom. The maximum Gasteiger partial charge on any atom is 0.352 e. The van der Waals surface area contributed by atoms with Crippen molar-refractivity contribution in [2.45, 2.75) is 13.0 Å². The molecule has 190 valence electrons. The number of benzene rings is 4. The van der Waals surface area contributed by atoms with Crippen molar-refractivity contribution in [3.8, 4) is 28.4 Å². The summed E-state index contributed by atoms with van der Waals surface area (Å²) in [5.41, 5.74) is 4.11. The lowest BCUT2D eigenvalue weighted by molar-refractivity contribution is 0.0692. The summed E-state index contributed by atoms with van der Waals surface area (Å²) in [6.45, 7) is 0.431. The van der Waals surface area contributed by atoms with Crippen LogP contribution in [0.1, 0.15) is 27.2 Å². The van der Waals surface area contributed by atoms with Gasteiger partial charge in [0.2, 0.25) is 6.79 Å². The first-order valence-electron chi connectivity index (χ1n) is 11.9. The summed E-state index contributed by atoms with van der Waals surface area (Å²) in [6.07, 6.45) is 0.321. The van der Waals surface area contributed by atoms with Crippen LogP contribution in [0.15, 0.2) is 78.9 Å². The fraction of sp³-hybridized carbons (Fsp3) is 0.100. The van der Waals surface area contributed by atoms with Crippen molar-refractivity contribution in [3.63, 3.8) is 0 Å². The van der Waals surface area contributed by atoms with Crippen LogP contribution in [0.4, 0.5) is 4.39 Å². The van der Waals surface area contributed by atoms with Crippen molar-refractivity contribution < 1.29 is 28.5 Å². The van der Waals surface area contributed by atoms with Crippen LogP contribution < -0.4 is 14.2 Å². The van der Waals surface area contributed by atoms with Gasteiger partial charge in [-0.2, -0.15) is 0 Å². The number of fused-ring (bicyclic) bond motifs is 2. The predicted octanol–water partition coefficient (Wildman–Crippen LogP) is 7.22. The standard InChI is InChI=1S/C30H21ClFNO5/c31-22-14-26-25(37-16-38-26)13-19(22)12-21-24(36-15-17-4-2-1-3-5-17)11-10-23-28(21)27(29(33-23)30(34)35)18-6-8-20(32)9-7-18/h1-11,13-14,33H,12,15-16H2,(H,34,35). The first kappa shape index (κ1) is 23.9. The molecule has 2 N–H and O–H groups in total. The van der Waals surface area contributed by atoms with Crippen molar-refractivity contribution in [2.75, 3.05) is 6.79 Å². The second-order valence-corrected chi connectivity index (χ2v) is 9.31. The Bertz CT molecular complexity index is 1660. The lowest BCUT2D eigenvalue weighted by Crippen LogP contribution is -2.01. The van der Waals surface area contributed by atoms with Crippen LogP contribution in [0, 0.1) is 5.82 Å². The highest BCUT2D eigenvalue weighted by atomic mass is 35.5. The van der Waals surface area contributed by atoms with E-state index in [4.69, 9.17) is 25.8 Å². The summed E-state index contributed by atoms with van der Waals surface area (Å²) in [4.78, 5) is 15.3. The average molecular weight is 530 g/mol. The number of aromatic amines is 1. The van der Waals surface area contributed by atoms with Gasteiger partial charge in [0.25, 0.3) is 0 Å². The van der Waals surface area contributed by atoms with Crippen LogP contribution >= 0.6 is 11.6 Å². The molecule has 0 atom stereocenters. The molecule has 1 aliphatic rings. The van der Waals surface area contributed by atoms with E-state index in [1.165, 1.54) is 12.1 Å². The summed E-state index contributed by atoms with van der Waals surface area (Å²) in [7, 11) is 0. The van der Waals surface area contributed by atoms with E-state index in [0.29, 0.717) is 57.3 Å². The minimum absolute atomic E-state index is 0.00449. The number of hydrogen-bond donors (Lipinski definition) is 2. The Labute approximate surface area is 222 Å². The Morgan fingerprint density at radius 1 is 1.00 bits per heavy atom. The second kappa shape index (κ2) is 9.76. The van der Waals surface area contributed by atoms with Gasteiger partial charge in [0.15, 0.2) is 11.5 Å². The van der Waals surface area contributed by atoms with Crippen LogP contribution in [0.2, 0.25) is 5.02 Å². The van der Waals surface area contributed by atoms with Crippen LogP contribution in [-0.4, -0.2) is 22.9 Å². The SMILES string of the molecule is O=C(O)c1[nH]c2ccc(OCc3ccccc3)c(Cc3cc4c(cc3Cl)OCO4)c2c1-c1ccc(F)cc1. The molecule has 1 aliphatic heterocycles. The molecule has 0 spiro atoms. The zero-order chi connectivity index (χ0) is 26.2. The third kappa shape index (κ3) is 4.41. The summed E-state index contributed by atoms with van der Waals surface area (Å²) in [5, 5.41) is 11.2. The largest absolute Gasteiger partial charge is 0.489 e. The van der Waals surface area contributed by atoms with Gasteiger partial charge in [-0.05, 0) is 47.0 Å². The van der Waals surface area contributed by atoms with E-state index in [2.05, 4.69) is 4.98 Å². The number of aromatic nitrogens is 1. The quantitative estimate of drug-likeness (QED) is 0.232. The van der Waals surface area contributed by atoms with E-state index in [1.54, 1.807) is 24.3 Å². The van der Waals surface area contributed by atoms with Gasteiger partial charge in [-0.3, -0.25) is 0 Å². The van der Waals surface area contributed by atoms with Gasteiger partial charge in [0.05, 0.1) is 0 Å². The molecule has 0 radical (unpaired) electrons. The number of carboxylic acid groups (broad SMARTS) is 1. The Hall–Kier alpha value is -4.49. The molecule has 38 heavy (non-hydrogen) atoms. The van der Waals surface area contributed by atoms with Gasteiger partial charge in [-0.25, -0.2) is 9.18 Å². The van der Waals surface area contributed by atoms with Crippen molar-refractivity contribution in [3.05, 3.63) is 112 Å². The van der Waals surface area contributed by atoms with Crippen molar-refractivity contribution in [1.82, 2.24) is 4.98 Å². The van der Waals surface area contributed by atoms with Gasteiger partial charge < -0.3 is 24.3 Å². The Kier molecular flexibility index (Phi) is 6.13. The number of halogens is 2. The lowest BCUT2D eigenvalue weighted by Gasteiger charge is -2.16. The van der Waals surface area contributed by atoms with Crippen molar-refractivity contribution >= 4 is 28.5 Å². The normalized spacial score (nSPS) is 12.2. The molecule has 6 rings (SSSR count). The van der Waals surface area contributed by atoms with Gasteiger partial charge in [0, 0.05) is 39.5 Å². The minimum Gasteiger partial charge on any atom is -0.489 e. The minimum atomic E-state index is -1.13. The van der Waals surface area contributed by atoms with Crippen molar-refractivity contribution in [1.29, 1.82) is 0 Å². The summed E-state index contributed by atoms with van der Waals surface area (Å²) >= 11 is 6.64. The number of H-pyrrole nitrogens is 1. The van der Waals surface area contributed by atoms with E-state index >= 15 is 0 Å². The number of aromatic carboxylic acids is 1. The molecule has 8 heteroatoms. The highest BCUT2D eigenvalue weighted by Gasteiger charge is 2.25. The van der Waals surface area contributed by atoms with E-state index in [0.717, 1.165) is 16.7 Å². The molecule has 4 aromatic carbocycles. The van der Waals surface area contributed by atoms with Gasteiger partial charge in [-0.15, -0.1) is 0 Å². The number of carboxylic acids is 1. The monoisotopic (exact) mass is 529 g/mol. The summed E-state index contributed by atoms with van der Waals surface area (Å²) < 4.78 is 31.1. The third-order valence-electron chi connectivity index (χ3n) is 6.52. The van der Waals surface area contributed by atoms with Crippen LogP contribution in [0.5, 0.6) is 17.2 Å². The second-order valence-electron chi connectivity index (χ2n) is 8.90. The Balaban J connectivity index is 1.55. The lowest BCUT2D eigenvalue weighted by atomic mass is 9.94.